The van der Waals surface area contributed by atoms with Gasteiger partial charge in [0.05, 0.1) is 14.2 Å². The fraction of sp³-hybridized carbons (Fsp3) is 0.409. The Bertz CT molecular complexity index is 803. The van der Waals surface area contributed by atoms with Gasteiger partial charge in [-0.25, -0.2) is 0 Å². The van der Waals surface area contributed by atoms with Crippen LogP contribution in [0.25, 0.3) is 0 Å². The number of ether oxygens (including phenoxy) is 3. The molecule has 1 amide bonds. The van der Waals surface area contributed by atoms with E-state index < -0.39 is 6.10 Å². The Kier molecular flexibility index (Phi) is 6.22. The SMILES string of the molecule is COc1ccc(CNC(=O)[C@@H](C)Oc2ccc3c(c2)CCCC3)cc1OC. The van der Waals surface area contributed by atoms with Gasteiger partial charge in [-0.1, -0.05) is 12.1 Å². The molecule has 0 spiro atoms. The van der Waals surface area contributed by atoms with Gasteiger partial charge in [-0.15, -0.1) is 0 Å². The molecule has 0 aromatic heterocycles. The van der Waals surface area contributed by atoms with Crippen molar-refractivity contribution in [2.75, 3.05) is 14.2 Å². The molecule has 27 heavy (non-hydrogen) atoms. The minimum Gasteiger partial charge on any atom is -0.493 e. The summed E-state index contributed by atoms with van der Waals surface area (Å²) in [5.74, 6) is 1.91. The van der Waals surface area contributed by atoms with Gasteiger partial charge in [0.2, 0.25) is 0 Å². The maximum atomic E-state index is 12.4. The third-order valence-corrected chi connectivity index (χ3v) is 4.92. The second-order valence-electron chi connectivity index (χ2n) is 6.80. The lowest BCUT2D eigenvalue weighted by atomic mass is 9.92. The molecule has 144 valence electrons. The van der Waals surface area contributed by atoms with Crippen LogP contribution in [-0.2, 0) is 24.2 Å². The Morgan fingerprint density at radius 1 is 1.00 bits per heavy atom. The molecular weight excluding hydrogens is 342 g/mol. The van der Waals surface area contributed by atoms with Crippen LogP contribution < -0.4 is 19.5 Å². The Hall–Kier alpha value is -2.69. The molecule has 1 N–H and O–H groups in total. The molecule has 1 aliphatic rings. The monoisotopic (exact) mass is 369 g/mol. The van der Waals surface area contributed by atoms with Gasteiger partial charge in [-0.2, -0.15) is 0 Å². The van der Waals surface area contributed by atoms with E-state index in [2.05, 4.69) is 17.4 Å². The van der Waals surface area contributed by atoms with E-state index in [1.165, 1.54) is 24.0 Å². The number of fused-ring (bicyclic) bond motifs is 1. The number of hydrogen-bond donors (Lipinski definition) is 1. The maximum absolute atomic E-state index is 12.4. The van der Waals surface area contributed by atoms with Gasteiger partial charge in [0.25, 0.3) is 5.91 Å². The first kappa shape index (κ1) is 19.1. The molecule has 5 nitrogen and oxygen atoms in total. The van der Waals surface area contributed by atoms with Crippen molar-refractivity contribution in [3.05, 3.63) is 53.1 Å². The standard InChI is InChI=1S/C22H27NO4/c1-15(27-19-10-9-17-6-4-5-7-18(17)13-19)22(24)23-14-16-8-11-20(25-2)21(12-16)26-3/h8-13,15H,4-7,14H2,1-3H3,(H,23,24)/t15-/m1/s1. The first-order valence-electron chi connectivity index (χ1n) is 9.38. The van der Waals surface area contributed by atoms with Crippen LogP contribution in [0.2, 0.25) is 0 Å². The molecule has 0 unspecified atom stereocenters. The molecule has 0 fully saturated rings. The van der Waals surface area contributed by atoms with Gasteiger partial charge in [0.15, 0.2) is 17.6 Å². The van der Waals surface area contributed by atoms with Crippen molar-refractivity contribution < 1.29 is 19.0 Å². The number of rotatable bonds is 7. The molecule has 2 aromatic carbocycles. The van der Waals surface area contributed by atoms with Crippen LogP contribution in [0, 0.1) is 0 Å². The van der Waals surface area contributed by atoms with Crippen LogP contribution in [0.3, 0.4) is 0 Å². The Labute approximate surface area is 160 Å². The van der Waals surface area contributed by atoms with E-state index in [1.54, 1.807) is 21.1 Å². The molecular formula is C22H27NO4. The second-order valence-corrected chi connectivity index (χ2v) is 6.80. The number of aryl methyl sites for hydroxylation is 2. The molecule has 1 atom stereocenters. The summed E-state index contributed by atoms with van der Waals surface area (Å²) in [5.41, 5.74) is 3.68. The Morgan fingerprint density at radius 3 is 2.48 bits per heavy atom. The van der Waals surface area contributed by atoms with E-state index >= 15 is 0 Å². The Balaban J connectivity index is 1.56. The number of amides is 1. The lowest BCUT2D eigenvalue weighted by Gasteiger charge is -2.19. The zero-order valence-corrected chi connectivity index (χ0v) is 16.2. The average Bonchev–Trinajstić information content (AvgIpc) is 2.71. The minimum absolute atomic E-state index is 0.150. The fourth-order valence-electron chi connectivity index (χ4n) is 3.36. The predicted molar refractivity (Wildman–Crippen MR) is 105 cm³/mol. The van der Waals surface area contributed by atoms with E-state index in [4.69, 9.17) is 14.2 Å². The van der Waals surface area contributed by atoms with Crippen LogP contribution in [0.1, 0.15) is 36.5 Å². The lowest BCUT2D eigenvalue weighted by molar-refractivity contribution is -0.127. The Morgan fingerprint density at radius 2 is 1.74 bits per heavy atom. The number of methoxy groups -OCH3 is 2. The number of benzene rings is 2. The summed E-state index contributed by atoms with van der Waals surface area (Å²) in [6, 6.07) is 11.7. The van der Waals surface area contributed by atoms with Crippen LogP contribution in [0.15, 0.2) is 36.4 Å². The lowest BCUT2D eigenvalue weighted by Crippen LogP contribution is -2.35. The fourth-order valence-corrected chi connectivity index (χ4v) is 3.36. The summed E-state index contributed by atoms with van der Waals surface area (Å²) in [7, 11) is 3.19. The molecule has 0 radical (unpaired) electrons. The summed E-state index contributed by atoms with van der Waals surface area (Å²) >= 11 is 0. The summed E-state index contributed by atoms with van der Waals surface area (Å²) in [6.07, 6.45) is 4.13. The molecule has 2 aromatic rings. The highest BCUT2D eigenvalue weighted by Crippen LogP contribution is 2.28. The first-order valence-corrected chi connectivity index (χ1v) is 9.38. The molecule has 0 bridgehead atoms. The third kappa shape index (κ3) is 4.73. The highest BCUT2D eigenvalue weighted by molar-refractivity contribution is 5.80. The smallest absolute Gasteiger partial charge is 0.261 e. The van der Waals surface area contributed by atoms with Gasteiger partial charge in [-0.05, 0) is 73.6 Å². The van der Waals surface area contributed by atoms with E-state index in [0.717, 1.165) is 24.2 Å². The average molecular weight is 369 g/mol. The molecule has 5 heteroatoms. The molecule has 0 heterocycles. The van der Waals surface area contributed by atoms with Crippen molar-refractivity contribution in [1.82, 2.24) is 5.32 Å². The first-order chi connectivity index (χ1) is 13.1. The van der Waals surface area contributed by atoms with Crippen LogP contribution in [-0.4, -0.2) is 26.2 Å². The number of carbonyl (C=O) groups is 1. The van der Waals surface area contributed by atoms with Crippen molar-refractivity contribution in [2.45, 2.75) is 45.3 Å². The van der Waals surface area contributed by atoms with Crippen molar-refractivity contribution in [3.63, 3.8) is 0 Å². The largest absolute Gasteiger partial charge is 0.493 e. The number of nitrogens with one attached hydrogen (secondary N) is 1. The van der Waals surface area contributed by atoms with E-state index in [9.17, 15) is 4.79 Å². The molecule has 1 aliphatic carbocycles. The van der Waals surface area contributed by atoms with Gasteiger partial charge in [0.1, 0.15) is 5.75 Å². The maximum Gasteiger partial charge on any atom is 0.261 e. The van der Waals surface area contributed by atoms with Crippen LogP contribution in [0.4, 0.5) is 0 Å². The van der Waals surface area contributed by atoms with Crippen molar-refractivity contribution in [3.8, 4) is 17.2 Å². The van der Waals surface area contributed by atoms with Gasteiger partial charge < -0.3 is 19.5 Å². The zero-order valence-electron chi connectivity index (χ0n) is 16.2. The van der Waals surface area contributed by atoms with E-state index in [-0.39, 0.29) is 5.91 Å². The summed E-state index contributed by atoms with van der Waals surface area (Å²) in [4.78, 5) is 12.4. The third-order valence-electron chi connectivity index (χ3n) is 4.92. The predicted octanol–water partition coefficient (Wildman–Crippen LogP) is 3.67. The highest BCUT2D eigenvalue weighted by Gasteiger charge is 2.16. The number of carbonyl (C=O) groups excluding carboxylic acids is 1. The molecule has 0 aliphatic heterocycles. The van der Waals surface area contributed by atoms with Crippen molar-refractivity contribution in [2.24, 2.45) is 0 Å². The summed E-state index contributed by atoms with van der Waals surface area (Å²) in [5, 5.41) is 2.91. The molecule has 0 saturated carbocycles. The molecule has 3 rings (SSSR count). The second kappa shape index (κ2) is 8.80. The van der Waals surface area contributed by atoms with Crippen molar-refractivity contribution in [1.29, 1.82) is 0 Å². The van der Waals surface area contributed by atoms with Gasteiger partial charge in [-0.3, -0.25) is 4.79 Å². The summed E-state index contributed by atoms with van der Waals surface area (Å²) in [6.45, 7) is 2.17. The zero-order chi connectivity index (χ0) is 19.2. The number of hydrogen-bond acceptors (Lipinski definition) is 4. The van der Waals surface area contributed by atoms with Gasteiger partial charge >= 0.3 is 0 Å². The van der Waals surface area contributed by atoms with Crippen LogP contribution in [0.5, 0.6) is 17.2 Å². The van der Waals surface area contributed by atoms with E-state index in [0.29, 0.717) is 18.0 Å². The van der Waals surface area contributed by atoms with Crippen LogP contribution >= 0.6 is 0 Å². The normalized spacial score (nSPS) is 14.0. The minimum atomic E-state index is -0.563. The highest BCUT2D eigenvalue weighted by atomic mass is 16.5. The van der Waals surface area contributed by atoms with Crippen molar-refractivity contribution >= 4 is 5.91 Å². The molecule has 0 saturated heterocycles. The quantitative estimate of drug-likeness (QED) is 0.809. The van der Waals surface area contributed by atoms with Gasteiger partial charge in [0, 0.05) is 6.54 Å². The topological polar surface area (TPSA) is 56.8 Å². The summed E-state index contributed by atoms with van der Waals surface area (Å²) < 4.78 is 16.4. The van der Waals surface area contributed by atoms with E-state index in [1.807, 2.05) is 24.3 Å².